The third-order valence-corrected chi connectivity index (χ3v) is 4.47. The van der Waals surface area contributed by atoms with Crippen LogP contribution in [0.2, 0.25) is 0 Å². The second-order valence-electron chi connectivity index (χ2n) is 6.75. The number of anilines is 2. The molecule has 0 amide bonds. The topological polar surface area (TPSA) is 76.7 Å². The van der Waals surface area contributed by atoms with E-state index in [1.54, 1.807) is 42.5 Å². The molecule has 154 valence electrons. The number of carbonyl (C=O) groups excluding carboxylic acids is 2. The van der Waals surface area contributed by atoms with E-state index in [9.17, 15) is 9.59 Å². The van der Waals surface area contributed by atoms with E-state index in [4.69, 9.17) is 9.57 Å². The third kappa shape index (κ3) is 5.93. The molecular weight excluding hydrogens is 380 g/mol. The number of carbonyl (C=O) groups is 2. The van der Waals surface area contributed by atoms with Gasteiger partial charge in [-0.3, -0.25) is 15.1 Å². The fraction of sp³-hybridized carbons (Fsp3) is 0.167. The standard InChI is InChI=1S/C24H24N2O4/c1-17(27)20-11-9-18(10-12-20)15-29-24(28)21-6-3-5-19(13-21)16-30-26-23-8-4-7-22(14-23)25-2/h3-14,25-26H,15-16H2,1-2H3. The van der Waals surface area contributed by atoms with E-state index in [1.807, 2.05) is 37.4 Å². The largest absolute Gasteiger partial charge is 0.457 e. The van der Waals surface area contributed by atoms with Crippen molar-refractivity contribution in [2.24, 2.45) is 0 Å². The van der Waals surface area contributed by atoms with Crippen LogP contribution in [0.15, 0.2) is 72.8 Å². The molecule has 3 rings (SSSR count). The van der Waals surface area contributed by atoms with Gasteiger partial charge < -0.3 is 10.1 Å². The molecule has 0 bridgehead atoms. The molecule has 0 fully saturated rings. The summed E-state index contributed by atoms with van der Waals surface area (Å²) < 4.78 is 5.38. The Labute approximate surface area is 175 Å². The number of nitrogens with one attached hydrogen (secondary N) is 2. The summed E-state index contributed by atoms with van der Waals surface area (Å²) in [5.41, 5.74) is 7.44. The second kappa shape index (κ2) is 10.2. The first-order valence-electron chi connectivity index (χ1n) is 9.57. The Morgan fingerprint density at radius 1 is 0.800 bits per heavy atom. The summed E-state index contributed by atoms with van der Waals surface area (Å²) in [6.45, 7) is 1.94. The molecule has 0 spiro atoms. The minimum absolute atomic E-state index is 0.00167. The maximum Gasteiger partial charge on any atom is 0.338 e. The average molecular weight is 404 g/mol. The highest BCUT2D eigenvalue weighted by Crippen LogP contribution is 2.15. The zero-order valence-electron chi connectivity index (χ0n) is 17.0. The quantitative estimate of drug-likeness (QED) is 0.302. The Morgan fingerprint density at radius 3 is 2.27 bits per heavy atom. The fourth-order valence-corrected chi connectivity index (χ4v) is 2.80. The first kappa shape index (κ1) is 21.1. The molecule has 3 aromatic rings. The molecule has 0 radical (unpaired) electrons. The van der Waals surface area contributed by atoms with Crippen LogP contribution in [0.25, 0.3) is 0 Å². The van der Waals surface area contributed by atoms with Gasteiger partial charge in [0.05, 0.1) is 17.9 Å². The van der Waals surface area contributed by atoms with Gasteiger partial charge in [-0.15, -0.1) is 0 Å². The molecule has 0 aromatic heterocycles. The van der Waals surface area contributed by atoms with Crippen LogP contribution in [0.5, 0.6) is 0 Å². The fourth-order valence-electron chi connectivity index (χ4n) is 2.80. The number of rotatable bonds is 9. The molecule has 0 heterocycles. The number of Topliss-reactive ketones (excluding diaryl/α,β-unsaturated/α-hetero) is 1. The van der Waals surface area contributed by atoms with Crippen LogP contribution in [-0.4, -0.2) is 18.8 Å². The van der Waals surface area contributed by atoms with Crippen molar-refractivity contribution < 1.29 is 19.2 Å². The van der Waals surface area contributed by atoms with E-state index in [0.29, 0.717) is 11.1 Å². The lowest BCUT2D eigenvalue weighted by Crippen LogP contribution is -2.07. The monoisotopic (exact) mass is 404 g/mol. The highest BCUT2D eigenvalue weighted by atomic mass is 16.6. The van der Waals surface area contributed by atoms with E-state index in [-0.39, 0.29) is 19.0 Å². The van der Waals surface area contributed by atoms with Gasteiger partial charge in [0.15, 0.2) is 5.78 Å². The predicted molar refractivity (Wildman–Crippen MR) is 116 cm³/mol. The van der Waals surface area contributed by atoms with Gasteiger partial charge in [0.25, 0.3) is 0 Å². The molecule has 3 aromatic carbocycles. The maximum absolute atomic E-state index is 12.4. The first-order valence-corrected chi connectivity index (χ1v) is 9.57. The van der Waals surface area contributed by atoms with E-state index >= 15 is 0 Å². The molecule has 30 heavy (non-hydrogen) atoms. The highest BCUT2D eigenvalue weighted by Gasteiger charge is 2.09. The summed E-state index contributed by atoms with van der Waals surface area (Å²) in [6.07, 6.45) is 0. The summed E-state index contributed by atoms with van der Waals surface area (Å²) in [4.78, 5) is 29.2. The summed E-state index contributed by atoms with van der Waals surface area (Å²) in [7, 11) is 1.85. The van der Waals surface area contributed by atoms with Crippen molar-refractivity contribution >= 4 is 23.1 Å². The van der Waals surface area contributed by atoms with E-state index in [2.05, 4.69) is 10.8 Å². The zero-order valence-corrected chi connectivity index (χ0v) is 17.0. The van der Waals surface area contributed by atoms with E-state index in [1.165, 1.54) is 6.92 Å². The SMILES string of the molecule is CNc1cccc(NOCc2cccc(C(=O)OCc3ccc(C(C)=O)cc3)c2)c1. The lowest BCUT2D eigenvalue weighted by molar-refractivity contribution is 0.0472. The van der Waals surface area contributed by atoms with Crippen LogP contribution in [0, 0.1) is 0 Å². The summed E-state index contributed by atoms with van der Waals surface area (Å²) >= 11 is 0. The molecule has 0 aliphatic heterocycles. The van der Waals surface area contributed by atoms with Crippen molar-refractivity contribution in [3.8, 4) is 0 Å². The van der Waals surface area contributed by atoms with Crippen LogP contribution in [0.1, 0.15) is 38.8 Å². The molecule has 0 aliphatic carbocycles. The molecule has 2 N–H and O–H groups in total. The van der Waals surface area contributed by atoms with E-state index < -0.39 is 5.97 Å². The summed E-state index contributed by atoms with van der Waals surface area (Å²) in [6, 6.07) is 21.8. The van der Waals surface area contributed by atoms with Crippen LogP contribution in [0.4, 0.5) is 11.4 Å². The molecule has 6 heteroatoms. The van der Waals surface area contributed by atoms with Crippen LogP contribution in [-0.2, 0) is 22.8 Å². The van der Waals surface area contributed by atoms with Gasteiger partial charge in [0, 0.05) is 18.3 Å². The number of benzene rings is 3. The van der Waals surface area contributed by atoms with Gasteiger partial charge >= 0.3 is 5.97 Å². The van der Waals surface area contributed by atoms with Gasteiger partial charge in [-0.2, -0.15) is 0 Å². The predicted octanol–water partition coefficient (Wildman–Crippen LogP) is 4.83. The number of esters is 1. The molecular formula is C24H24N2O4. The van der Waals surface area contributed by atoms with Gasteiger partial charge in [-0.1, -0.05) is 42.5 Å². The Balaban J connectivity index is 1.52. The normalized spacial score (nSPS) is 10.3. The maximum atomic E-state index is 12.4. The van der Waals surface area contributed by atoms with Crippen molar-refractivity contribution in [3.05, 3.63) is 95.1 Å². The van der Waals surface area contributed by atoms with Gasteiger partial charge in [0.2, 0.25) is 0 Å². The Bertz CT molecular complexity index is 1020. The van der Waals surface area contributed by atoms with Gasteiger partial charge in [-0.25, -0.2) is 4.79 Å². The zero-order chi connectivity index (χ0) is 21.3. The van der Waals surface area contributed by atoms with Gasteiger partial charge in [-0.05, 0) is 48.4 Å². The number of hydrogen-bond donors (Lipinski definition) is 2. The van der Waals surface area contributed by atoms with Crippen LogP contribution >= 0.6 is 0 Å². The molecule has 6 nitrogen and oxygen atoms in total. The summed E-state index contributed by atoms with van der Waals surface area (Å²) in [5, 5.41) is 3.06. The molecule has 0 saturated heterocycles. The minimum atomic E-state index is -0.415. The van der Waals surface area contributed by atoms with Crippen molar-refractivity contribution in [1.29, 1.82) is 0 Å². The second-order valence-corrected chi connectivity index (χ2v) is 6.75. The van der Waals surface area contributed by atoms with Crippen molar-refractivity contribution in [2.45, 2.75) is 20.1 Å². The first-order chi connectivity index (χ1) is 14.5. The van der Waals surface area contributed by atoms with Crippen molar-refractivity contribution in [2.75, 3.05) is 17.8 Å². The van der Waals surface area contributed by atoms with Crippen molar-refractivity contribution in [3.63, 3.8) is 0 Å². The minimum Gasteiger partial charge on any atom is -0.457 e. The van der Waals surface area contributed by atoms with E-state index in [0.717, 1.165) is 22.5 Å². The Hall–Kier alpha value is -3.64. The van der Waals surface area contributed by atoms with Crippen molar-refractivity contribution in [1.82, 2.24) is 0 Å². The number of ketones is 1. The molecule has 0 unspecified atom stereocenters. The lowest BCUT2D eigenvalue weighted by atomic mass is 10.1. The number of hydrogen-bond acceptors (Lipinski definition) is 6. The van der Waals surface area contributed by atoms with Crippen LogP contribution < -0.4 is 10.8 Å². The number of ether oxygens (including phenoxy) is 1. The average Bonchev–Trinajstić information content (AvgIpc) is 2.78. The Kier molecular flexibility index (Phi) is 7.19. The molecule has 0 aliphatic rings. The Morgan fingerprint density at radius 2 is 1.53 bits per heavy atom. The van der Waals surface area contributed by atoms with Crippen LogP contribution in [0.3, 0.4) is 0 Å². The third-order valence-electron chi connectivity index (χ3n) is 4.47. The lowest BCUT2D eigenvalue weighted by Gasteiger charge is -2.10. The van der Waals surface area contributed by atoms with Gasteiger partial charge in [0.1, 0.15) is 6.61 Å². The summed E-state index contributed by atoms with van der Waals surface area (Å²) in [5.74, 6) is -0.413. The smallest absolute Gasteiger partial charge is 0.338 e. The molecule has 0 saturated carbocycles. The molecule has 0 atom stereocenters. The highest BCUT2D eigenvalue weighted by molar-refractivity contribution is 5.94.